The summed E-state index contributed by atoms with van der Waals surface area (Å²) in [6.45, 7) is 2.09. The third-order valence-electron chi connectivity index (χ3n) is 2.21. The summed E-state index contributed by atoms with van der Waals surface area (Å²) in [7, 11) is 0. The van der Waals surface area contributed by atoms with Gasteiger partial charge in [0.1, 0.15) is 0 Å². The van der Waals surface area contributed by atoms with Crippen LogP contribution in [0.3, 0.4) is 0 Å². The molecule has 72 valence electrons. The van der Waals surface area contributed by atoms with Gasteiger partial charge < -0.3 is 11.1 Å². The molecule has 2 amide bonds. The molecule has 1 atom stereocenters. The van der Waals surface area contributed by atoms with Crippen molar-refractivity contribution in [1.29, 1.82) is 0 Å². The molecule has 1 rings (SSSR count). The van der Waals surface area contributed by atoms with Gasteiger partial charge in [0.15, 0.2) is 0 Å². The highest BCUT2D eigenvalue weighted by molar-refractivity contribution is 5.73. The molecule has 0 aliphatic heterocycles. The van der Waals surface area contributed by atoms with Crippen molar-refractivity contribution in [2.75, 3.05) is 0 Å². The Kier molecular flexibility index (Phi) is 3.12. The predicted molar refractivity (Wildman–Crippen MR) is 53.3 cm³/mol. The maximum absolute atomic E-state index is 10.8. The highest BCUT2D eigenvalue weighted by Gasteiger charge is 2.26. The molecule has 1 unspecified atom stereocenters. The van der Waals surface area contributed by atoms with E-state index in [0.717, 1.165) is 19.3 Å². The number of allylic oxidation sites excluding steroid dienone is 2. The van der Waals surface area contributed by atoms with Crippen molar-refractivity contribution in [1.82, 2.24) is 5.32 Å². The minimum atomic E-state index is -0.451. The standard InChI is InChI=1S/C10H16N2O/c1-2-6-10(12-9(11)13)7-4-3-5-8-10/h3-5,7H,2,6,8H2,1H3,(H3,11,12,13). The minimum Gasteiger partial charge on any atom is -0.352 e. The molecule has 0 saturated heterocycles. The van der Waals surface area contributed by atoms with Gasteiger partial charge in [-0.2, -0.15) is 0 Å². The van der Waals surface area contributed by atoms with Crippen LogP contribution in [-0.2, 0) is 0 Å². The number of primary amides is 1. The van der Waals surface area contributed by atoms with Gasteiger partial charge in [-0.25, -0.2) is 4.79 Å². The minimum absolute atomic E-state index is 0.241. The number of hydrogen-bond donors (Lipinski definition) is 2. The summed E-state index contributed by atoms with van der Waals surface area (Å²) < 4.78 is 0. The van der Waals surface area contributed by atoms with Crippen molar-refractivity contribution in [3.8, 4) is 0 Å². The molecule has 0 fully saturated rings. The van der Waals surface area contributed by atoms with E-state index in [1.165, 1.54) is 0 Å². The summed E-state index contributed by atoms with van der Waals surface area (Å²) in [4.78, 5) is 10.8. The summed E-state index contributed by atoms with van der Waals surface area (Å²) in [5.74, 6) is 0. The quantitative estimate of drug-likeness (QED) is 0.682. The Balaban J connectivity index is 2.69. The van der Waals surface area contributed by atoms with Gasteiger partial charge in [0.2, 0.25) is 0 Å². The van der Waals surface area contributed by atoms with Crippen LogP contribution < -0.4 is 11.1 Å². The summed E-state index contributed by atoms with van der Waals surface area (Å²) in [6.07, 6.45) is 10.8. The number of hydrogen-bond acceptors (Lipinski definition) is 1. The molecule has 3 nitrogen and oxygen atoms in total. The topological polar surface area (TPSA) is 55.1 Å². The molecule has 0 aromatic carbocycles. The van der Waals surface area contributed by atoms with Gasteiger partial charge in [-0.05, 0) is 12.8 Å². The molecule has 0 bridgehead atoms. The highest BCUT2D eigenvalue weighted by Crippen LogP contribution is 2.22. The van der Waals surface area contributed by atoms with Gasteiger partial charge in [-0.3, -0.25) is 0 Å². The second kappa shape index (κ2) is 4.12. The Morgan fingerprint density at radius 1 is 1.62 bits per heavy atom. The monoisotopic (exact) mass is 180 g/mol. The third-order valence-corrected chi connectivity index (χ3v) is 2.21. The fourth-order valence-corrected chi connectivity index (χ4v) is 1.70. The molecule has 0 heterocycles. The fraction of sp³-hybridized carbons (Fsp3) is 0.500. The van der Waals surface area contributed by atoms with Crippen molar-refractivity contribution in [2.24, 2.45) is 5.73 Å². The van der Waals surface area contributed by atoms with Gasteiger partial charge in [0.25, 0.3) is 0 Å². The number of carbonyl (C=O) groups is 1. The smallest absolute Gasteiger partial charge is 0.312 e. The first-order chi connectivity index (χ1) is 6.18. The van der Waals surface area contributed by atoms with Crippen LogP contribution in [0, 0.1) is 0 Å². The zero-order valence-corrected chi connectivity index (χ0v) is 7.92. The van der Waals surface area contributed by atoms with Crippen LogP contribution >= 0.6 is 0 Å². The van der Waals surface area contributed by atoms with Gasteiger partial charge in [0, 0.05) is 0 Å². The van der Waals surface area contributed by atoms with Crippen LogP contribution in [0.5, 0.6) is 0 Å². The summed E-state index contributed by atoms with van der Waals surface area (Å²) in [5, 5.41) is 2.80. The van der Waals surface area contributed by atoms with E-state index in [0.29, 0.717) is 0 Å². The number of rotatable bonds is 3. The van der Waals surface area contributed by atoms with Gasteiger partial charge in [0.05, 0.1) is 5.54 Å². The van der Waals surface area contributed by atoms with Crippen LogP contribution in [-0.4, -0.2) is 11.6 Å². The Hall–Kier alpha value is -1.25. The molecule has 0 aromatic rings. The van der Waals surface area contributed by atoms with Crippen LogP contribution in [0.4, 0.5) is 4.79 Å². The lowest BCUT2D eigenvalue weighted by Crippen LogP contribution is -2.49. The largest absolute Gasteiger partial charge is 0.352 e. The zero-order chi connectivity index (χ0) is 9.73. The number of amides is 2. The van der Waals surface area contributed by atoms with Crippen LogP contribution in [0.25, 0.3) is 0 Å². The van der Waals surface area contributed by atoms with E-state index in [1.807, 2.05) is 24.3 Å². The van der Waals surface area contributed by atoms with Crippen LogP contribution in [0.1, 0.15) is 26.2 Å². The van der Waals surface area contributed by atoms with E-state index in [9.17, 15) is 4.79 Å². The zero-order valence-electron chi connectivity index (χ0n) is 7.92. The van der Waals surface area contributed by atoms with Crippen molar-refractivity contribution in [3.63, 3.8) is 0 Å². The maximum Gasteiger partial charge on any atom is 0.312 e. The second-order valence-electron chi connectivity index (χ2n) is 3.39. The van der Waals surface area contributed by atoms with E-state index in [1.54, 1.807) is 0 Å². The Morgan fingerprint density at radius 3 is 2.85 bits per heavy atom. The molecule has 0 saturated carbocycles. The molecular weight excluding hydrogens is 164 g/mol. The average molecular weight is 180 g/mol. The van der Waals surface area contributed by atoms with E-state index in [4.69, 9.17) is 5.73 Å². The van der Waals surface area contributed by atoms with Crippen molar-refractivity contribution in [2.45, 2.75) is 31.7 Å². The lowest BCUT2D eigenvalue weighted by atomic mass is 9.87. The van der Waals surface area contributed by atoms with E-state index in [-0.39, 0.29) is 5.54 Å². The lowest BCUT2D eigenvalue weighted by Gasteiger charge is -2.31. The first-order valence-electron chi connectivity index (χ1n) is 4.60. The number of nitrogens with two attached hydrogens (primary N) is 1. The maximum atomic E-state index is 10.8. The fourth-order valence-electron chi connectivity index (χ4n) is 1.70. The van der Waals surface area contributed by atoms with Crippen molar-refractivity contribution in [3.05, 3.63) is 24.3 Å². The SMILES string of the molecule is CCCC1(NC(N)=O)C=CC=CC1. The van der Waals surface area contributed by atoms with Gasteiger partial charge >= 0.3 is 6.03 Å². The van der Waals surface area contributed by atoms with E-state index >= 15 is 0 Å². The van der Waals surface area contributed by atoms with E-state index < -0.39 is 6.03 Å². The average Bonchev–Trinajstić information content (AvgIpc) is 2.04. The van der Waals surface area contributed by atoms with Gasteiger partial charge in [-0.1, -0.05) is 37.6 Å². The van der Waals surface area contributed by atoms with E-state index in [2.05, 4.69) is 12.2 Å². The number of nitrogens with one attached hydrogen (secondary N) is 1. The Morgan fingerprint density at radius 2 is 2.38 bits per heavy atom. The first kappa shape index (κ1) is 9.84. The molecule has 1 aliphatic carbocycles. The summed E-state index contributed by atoms with van der Waals surface area (Å²) in [5.41, 5.74) is 4.89. The third kappa shape index (κ3) is 2.61. The second-order valence-corrected chi connectivity index (χ2v) is 3.39. The number of urea groups is 1. The predicted octanol–water partition coefficient (Wildman–Crippen LogP) is 1.71. The van der Waals surface area contributed by atoms with Crippen molar-refractivity contribution >= 4 is 6.03 Å². The Bertz CT molecular complexity index is 245. The number of carbonyl (C=O) groups excluding carboxylic acids is 1. The van der Waals surface area contributed by atoms with Gasteiger partial charge in [-0.15, -0.1) is 0 Å². The first-order valence-corrected chi connectivity index (χ1v) is 4.60. The van der Waals surface area contributed by atoms with Crippen LogP contribution in [0.15, 0.2) is 24.3 Å². The summed E-state index contributed by atoms with van der Waals surface area (Å²) in [6, 6.07) is -0.451. The summed E-state index contributed by atoms with van der Waals surface area (Å²) >= 11 is 0. The van der Waals surface area contributed by atoms with Crippen molar-refractivity contribution < 1.29 is 4.79 Å². The molecule has 0 radical (unpaired) electrons. The normalized spacial score (nSPS) is 25.9. The highest BCUT2D eigenvalue weighted by atomic mass is 16.2. The molecule has 3 heteroatoms. The molecule has 3 N–H and O–H groups in total. The molecular formula is C10H16N2O. The molecule has 0 aromatic heterocycles. The Labute approximate surface area is 78.7 Å². The molecule has 0 spiro atoms. The molecule has 1 aliphatic rings. The lowest BCUT2D eigenvalue weighted by molar-refractivity contribution is 0.237. The molecule has 13 heavy (non-hydrogen) atoms. The van der Waals surface area contributed by atoms with Crippen LogP contribution in [0.2, 0.25) is 0 Å².